The molecule has 0 amide bonds. The average molecular weight is 169 g/mol. The lowest BCUT2D eigenvalue weighted by atomic mass is 10.3. The smallest absolute Gasteiger partial charge is 0.117 e. The van der Waals surface area contributed by atoms with Crippen molar-refractivity contribution >= 4 is 12.6 Å². The van der Waals surface area contributed by atoms with Crippen LogP contribution in [0.3, 0.4) is 0 Å². The first-order valence-electron chi connectivity index (χ1n) is 3.17. The normalized spacial score (nSPS) is 9.27. The maximum atomic E-state index is 5.00. The monoisotopic (exact) mass is 169 g/mol. The largest absolute Gasteiger partial charge is 0.776 e. The van der Waals surface area contributed by atoms with Gasteiger partial charge in [0.2, 0.25) is 0 Å². The van der Waals surface area contributed by atoms with Crippen LogP contribution >= 0.6 is 0 Å². The molecular weight excluding hydrogens is 160 g/mol. The van der Waals surface area contributed by atoms with Gasteiger partial charge in [-0.15, -0.1) is 4.90 Å². The minimum absolute atomic E-state index is 0.673. The summed E-state index contributed by atoms with van der Waals surface area (Å²) in [7, 11) is 3.20. The van der Waals surface area contributed by atoms with Gasteiger partial charge in [-0.1, -0.05) is 0 Å². The Kier molecular flexibility index (Phi) is 2.54. The number of ether oxygens (including phenoxy) is 2. The van der Waals surface area contributed by atoms with E-state index in [4.69, 9.17) is 22.1 Å². The van der Waals surface area contributed by atoms with Crippen molar-refractivity contribution in [1.29, 1.82) is 0 Å². The Morgan fingerprint density at radius 1 is 1.18 bits per heavy atom. The van der Waals surface area contributed by atoms with Crippen LogP contribution in [0.2, 0.25) is 0 Å². The van der Waals surface area contributed by atoms with Crippen LogP contribution in [0.4, 0.5) is 0 Å². The van der Waals surface area contributed by atoms with E-state index in [-0.39, 0.29) is 0 Å². The fourth-order valence-electron chi connectivity index (χ4n) is 0.784. The van der Waals surface area contributed by atoms with Gasteiger partial charge in [0.25, 0.3) is 0 Å². The third-order valence-electron chi connectivity index (χ3n) is 1.37. The minimum atomic E-state index is 0.673. The van der Waals surface area contributed by atoms with Gasteiger partial charge in [-0.05, 0) is 18.2 Å². The molecule has 0 fully saturated rings. The van der Waals surface area contributed by atoms with Gasteiger partial charge < -0.3 is 22.1 Å². The second-order valence-corrected chi connectivity index (χ2v) is 2.46. The van der Waals surface area contributed by atoms with Crippen LogP contribution in [0.15, 0.2) is 23.1 Å². The van der Waals surface area contributed by atoms with E-state index in [9.17, 15) is 0 Å². The van der Waals surface area contributed by atoms with Crippen molar-refractivity contribution in [3.63, 3.8) is 0 Å². The lowest BCUT2D eigenvalue weighted by Gasteiger charge is -2.13. The van der Waals surface area contributed by atoms with Crippen molar-refractivity contribution in [3.8, 4) is 11.5 Å². The van der Waals surface area contributed by atoms with Crippen molar-refractivity contribution in [2.24, 2.45) is 0 Å². The number of methoxy groups -OCH3 is 2. The van der Waals surface area contributed by atoms with Gasteiger partial charge in [-0.25, -0.2) is 0 Å². The Hall–Kier alpha value is -0.960. The molecule has 2 nitrogen and oxygen atoms in total. The van der Waals surface area contributed by atoms with E-state index in [2.05, 4.69) is 0 Å². The molecule has 0 bridgehead atoms. The average Bonchev–Trinajstić information content (AvgIpc) is 2.04. The van der Waals surface area contributed by atoms with Gasteiger partial charge in [-0.2, -0.15) is 0 Å². The van der Waals surface area contributed by atoms with Gasteiger partial charge in [-0.3, -0.25) is 0 Å². The predicted octanol–water partition coefficient (Wildman–Crippen LogP) is 1.61. The van der Waals surface area contributed by atoms with Crippen molar-refractivity contribution < 1.29 is 9.47 Å². The van der Waals surface area contributed by atoms with E-state index in [0.717, 1.165) is 5.75 Å². The molecule has 0 saturated carbocycles. The topological polar surface area (TPSA) is 18.5 Å². The zero-order valence-corrected chi connectivity index (χ0v) is 7.27. The zero-order valence-electron chi connectivity index (χ0n) is 6.46. The van der Waals surface area contributed by atoms with Gasteiger partial charge in [0.05, 0.1) is 20.0 Å². The lowest BCUT2D eigenvalue weighted by Crippen LogP contribution is -1.88. The van der Waals surface area contributed by atoms with Crippen LogP contribution in [0.25, 0.3) is 0 Å². The molecule has 11 heavy (non-hydrogen) atoms. The summed E-state index contributed by atoms with van der Waals surface area (Å²) >= 11 is 5.00. The third kappa shape index (κ3) is 1.74. The second kappa shape index (κ2) is 3.44. The van der Waals surface area contributed by atoms with E-state index >= 15 is 0 Å². The summed E-state index contributed by atoms with van der Waals surface area (Å²) in [4.78, 5) is 0.673. The zero-order chi connectivity index (χ0) is 8.27. The summed E-state index contributed by atoms with van der Waals surface area (Å²) < 4.78 is 9.96. The number of hydrogen-bond acceptors (Lipinski definition) is 3. The van der Waals surface area contributed by atoms with Gasteiger partial charge >= 0.3 is 0 Å². The Labute approximate surface area is 71.5 Å². The highest BCUT2D eigenvalue weighted by atomic mass is 32.1. The standard InChI is InChI=1S/C8H10O2S/c1-9-6-3-4-7(10-2)8(11)5-6/h3-5,11H,1-2H3/p-1. The Morgan fingerprint density at radius 3 is 2.36 bits per heavy atom. The number of hydrogen-bond donors (Lipinski definition) is 0. The quantitative estimate of drug-likeness (QED) is 0.627. The summed E-state index contributed by atoms with van der Waals surface area (Å²) in [5, 5.41) is 0. The molecule has 0 radical (unpaired) electrons. The van der Waals surface area contributed by atoms with E-state index in [1.807, 2.05) is 6.07 Å². The molecule has 0 heterocycles. The summed E-state index contributed by atoms with van der Waals surface area (Å²) in [6.45, 7) is 0. The summed E-state index contributed by atoms with van der Waals surface area (Å²) in [6.07, 6.45) is 0. The highest BCUT2D eigenvalue weighted by Crippen LogP contribution is 2.22. The van der Waals surface area contributed by atoms with Crippen LogP contribution in [-0.4, -0.2) is 14.2 Å². The Morgan fingerprint density at radius 2 is 1.91 bits per heavy atom. The molecule has 1 aromatic rings. The van der Waals surface area contributed by atoms with Crippen molar-refractivity contribution in [3.05, 3.63) is 18.2 Å². The van der Waals surface area contributed by atoms with Crippen LogP contribution in [0, 0.1) is 0 Å². The van der Waals surface area contributed by atoms with E-state index in [1.54, 1.807) is 26.4 Å². The molecule has 0 spiro atoms. The molecule has 60 valence electrons. The minimum Gasteiger partial charge on any atom is -0.776 e. The van der Waals surface area contributed by atoms with Crippen molar-refractivity contribution in [2.45, 2.75) is 4.90 Å². The molecule has 1 rings (SSSR count). The van der Waals surface area contributed by atoms with Crippen LogP contribution in [0.1, 0.15) is 0 Å². The first-order valence-corrected chi connectivity index (χ1v) is 3.58. The van der Waals surface area contributed by atoms with E-state index < -0.39 is 0 Å². The molecule has 0 saturated heterocycles. The highest BCUT2D eigenvalue weighted by Gasteiger charge is 1.92. The summed E-state index contributed by atoms with van der Waals surface area (Å²) in [6, 6.07) is 5.37. The lowest BCUT2D eigenvalue weighted by molar-refractivity contribution is 0.394. The van der Waals surface area contributed by atoms with E-state index in [1.165, 1.54) is 0 Å². The van der Waals surface area contributed by atoms with Crippen molar-refractivity contribution in [1.82, 2.24) is 0 Å². The third-order valence-corrected chi connectivity index (χ3v) is 1.69. The molecule has 3 heteroatoms. The van der Waals surface area contributed by atoms with Crippen molar-refractivity contribution in [2.75, 3.05) is 14.2 Å². The molecule has 0 aliphatic carbocycles. The SMILES string of the molecule is COc1ccc(OC)c([S-])c1. The van der Waals surface area contributed by atoms with E-state index in [0.29, 0.717) is 10.6 Å². The fraction of sp³-hybridized carbons (Fsp3) is 0.250. The summed E-state index contributed by atoms with van der Waals surface area (Å²) in [5.74, 6) is 1.47. The molecular formula is C8H9O2S-. The van der Waals surface area contributed by atoms with Gasteiger partial charge in [0, 0.05) is 0 Å². The fourth-order valence-corrected chi connectivity index (χ4v) is 1.05. The summed E-state index contributed by atoms with van der Waals surface area (Å²) in [5.41, 5.74) is 0. The molecule has 0 atom stereocenters. The highest BCUT2D eigenvalue weighted by molar-refractivity contribution is 7.59. The number of rotatable bonds is 2. The Balaban J connectivity index is 2.99. The molecule has 0 aliphatic heterocycles. The number of benzene rings is 1. The Bertz CT molecular complexity index is 248. The first kappa shape index (κ1) is 8.14. The molecule has 0 unspecified atom stereocenters. The van der Waals surface area contributed by atoms with Crippen LogP contribution in [-0.2, 0) is 12.6 Å². The first-order chi connectivity index (χ1) is 5.27. The molecule has 0 aromatic heterocycles. The van der Waals surface area contributed by atoms with Gasteiger partial charge in [0.15, 0.2) is 0 Å². The van der Waals surface area contributed by atoms with Crippen LogP contribution < -0.4 is 9.47 Å². The van der Waals surface area contributed by atoms with Gasteiger partial charge in [0.1, 0.15) is 5.75 Å². The molecule has 0 aliphatic rings. The molecule has 1 aromatic carbocycles. The van der Waals surface area contributed by atoms with Crippen LogP contribution in [0.5, 0.6) is 11.5 Å². The second-order valence-electron chi connectivity index (χ2n) is 2.02. The maximum Gasteiger partial charge on any atom is 0.117 e. The molecule has 0 N–H and O–H groups in total. The maximum absolute atomic E-state index is 5.00. The predicted molar refractivity (Wildman–Crippen MR) is 45.2 cm³/mol.